The van der Waals surface area contributed by atoms with E-state index in [-0.39, 0.29) is 24.1 Å². The van der Waals surface area contributed by atoms with Crippen molar-refractivity contribution in [2.45, 2.75) is 32.2 Å². The van der Waals surface area contributed by atoms with Crippen molar-refractivity contribution in [2.75, 3.05) is 24.5 Å². The van der Waals surface area contributed by atoms with Crippen LogP contribution in [0.5, 0.6) is 11.6 Å². The van der Waals surface area contributed by atoms with Gasteiger partial charge in [0, 0.05) is 37.7 Å². The van der Waals surface area contributed by atoms with E-state index in [0.717, 1.165) is 50.2 Å². The molecule has 3 aromatic rings. The van der Waals surface area contributed by atoms with Crippen LogP contribution in [0.1, 0.15) is 40.9 Å². The number of carbonyl (C=O) groups excluding carboxylic acids is 1. The summed E-state index contributed by atoms with van der Waals surface area (Å²) in [6, 6.07) is 8.07. The zero-order valence-corrected chi connectivity index (χ0v) is 20.3. The number of fused-ring (bicyclic) bond motifs is 1. The molecule has 1 amide bonds. The molecule has 0 bridgehead atoms. The molecule has 0 atom stereocenters. The lowest BCUT2D eigenvalue weighted by atomic mass is 10.0. The van der Waals surface area contributed by atoms with Crippen LogP contribution in [-0.2, 0) is 13.0 Å². The predicted molar refractivity (Wildman–Crippen MR) is 129 cm³/mol. The van der Waals surface area contributed by atoms with Gasteiger partial charge in [-0.2, -0.15) is 4.98 Å². The smallest absolute Gasteiger partial charge is 0.254 e. The van der Waals surface area contributed by atoms with Gasteiger partial charge in [-0.25, -0.2) is 13.8 Å². The minimum atomic E-state index is -1.02. The van der Waals surface area contributed by atoms with Gasteiger partial charge in [0.1, 0.15) is 5.75 Å². The number of nitrogens with zero attached hydrogens (tertiary/aromatic N) is 4. The minimum Gasteiger partial charge on any atom is -0.438 e. The summed E-state index contributed by atoms with van der Waals surface area (Å²) >= 11 is 12.1. The van der Waals surface area contributed by atoms with Gasteiger partial charge in [0.2, 0.25) is 11.8 Å². The Balaban J connectivity index is 1.49. The van der Waals surface area contributed by atoms with Crippen LogP contribution in [-0.4, -0.2) is 40.4 Å². The van der Waals surface area contributed by atoms with Gasteiger partial charge >= 0.3 is 0 Å². The largest absolute Gasteiger partial charge is 0.438 e. The molecule has 1 fully saturated rings. The molecule has 10 heteroatoms. The van der Waals surface area contributed by atoms with Gasteiger partial charge in [-0.3, -0.25) is 4.79 Å². The highest BCUT2D eigenvalue weighted by Crippen LogP contribution is 2.33. The summed E-state index contributed by atoms with van der Waals surface area (Å²) in [5.41, 5.74) is 1.82. The first-order chi connectivity index (χ1) is 16.9. The highest BCUT2D eigenvalue weighted by Gasteiger charge is 2.29. The van der Waals surface area contributed by atoms with E-state index in [1.807, 2.05) is 0 Å². The second kappa shape index (κ2) is 9.95. The Morgan fingerprint density at radius 1 is 0.914 bits per heavy atom. The number of carbonyl (C=O) groups is 1. The first-order valence-corrected chi connectivity index (χ1v) is 12.2. The Labute approximate surface area is 211 Å². The topological polar surface area (TPSA) is 58.6 Å². The number of anilines is 1. The Kier molecular flexibility index (Phi) is 6.75. The van der Waals surface area contributed by atoms with Crippen LogP contribution < -0.4 is 9.64 Å². The van der Waals surface area contributed by atoms with Crippen molar-refractivity contribution in [1.29, 1.82) is 0 Å². The molecule has 6 nitrogen and oxygen atoms in total. The maximum atomic E-state index is 13.8. The monoisotopic (exact) mass is 518 g/mol. The van der Waals surface area contributed by atoms with Crippen LogP contribution in [0.4, 0.5) is 14.7 Å². The van der Waals surface area contributed by atoms with Gasteiger partial charge in [-0.1, -0.05) is 23.2 Å². The molecule has 0 aliphatic carbocycles. The van der Waals surface area contributed by atoms with E-state index in [1.54, 1.807) is 17.0 Å². The highest BCUT2D eigenvalue weighted by molar-refractivity contribution is 6.42. The number of rotatable bonds is 4. The molecule has 3 heterocycles. The molecular weight excluding hydrogens is 497 g/mol. The van der Waals surface area contributed by atoms with Crippen molar-refractivity contribution in [3.63, 3.8) is 0 Å². The molecule has 1 aromatic heterocycles. The number of aromatic nitrogens is 2. The summed E-state index contributed by atoms with van der Waals surface area (Å²) in [7, 11) is 0. The lowest BCUT2D eigenvalue weighted by molar-refractivity contribution is 0.0732. The second-order valence-corrected chi connectivity index (χ2v) is 9.40. The molecule has 0 radical (unpaired) electrons. The molecule has 0 saturated carbocycles. The number of halogens is 4. The summed E-state index contributed by atoms with van der Waals surface area (Å²) in [5.74, 6) is -1.30. The molecule has 0 spiro atoms. The van der Waals surface area contributed by atoms with Crippen LogP contribution in [0.2, 0.25) is 10.0 Å². The van der Waals surface area contributed by atoms with Crippen molar-refractivity contribution < 1.29 is 18.3 Å². The SMILES string of the molecule is O=C(c1ccc(Cl)c(Cl)c1)N1CCc2nc(N3CCCCC3)nc(Oc3ccc(F)c(F)c3)c2C1. The van der Waals surface area contributed by atoms with E-state index < -0.39 is 11.6 Å². The fourth-order valence-electron chi connectivity index (χ4n) is 4.33. The Hall–Kier alpha value is -2.97. The fourth-order valence-corrected chi connectivity index (χ4v) is 4.63. The number of ether oxygens (including phenoxy) is 1. The standard InChI is InChI=1S/C25H22Cl2F2N4O2/c26-18-6-4-15(12-19(18)27)24(34)33-11-8-22-17(14-33)23(35-16-5-7-20(28)21(29)13-16)31-25(30-22)32-9-2-1-3-10-32/h4-7,12-13H,1-3,8-11,14H2. The first kappa shape index (κ1) is 23.8. The second-order valence-electron chi connectivity index (χ2n) is 8.59. The average Bonchev–Trinajstić information content (AvgIpc) is 2.87. The number of hydrogen-bond acceptors (Lipinski definition) is 5. The van der Waals surface area contributed by atoms with Crippen molar-refractivity contribution in [2.24, 2.45) is 0 Å². The van der Waals surface area contributed by atoms with Gasteiger partial charge in [-0.05, 0) is 49.6 Å². The number of amides is 1. The molecule has 5 rings (SSSR count). The number of benzene rings is 2. The minimum absolute atomic E-state index is 0.113. The van der Waals surface area contributed by atoms with E-state index in [4.69, 9.17) is 32.9 Å². The van der Waals surface area contributed by atoms with Crippen molar-refractivity contribution >= 4 is 35.1 Å². The predicted octanol–water partition coefficient (Wildman–Crippen LogP) is 6.04. The molecule has 1 saturated heterocycles. The molecule has 0 unspecified atom stereocenters. The summed E-state index contributed by atoms with van der Waals surface area (Å²) in [6.07, 6.45) is 3.75. The third-order valence-corrected chi connectivity index (χ3v) is 6.95. The summed E-state index contributed by atoms with van der Waals surface area (Å²) in [6.45, 7) is 2.33. The third kappa shape index (κ3) is 5.04. The molecule has 182 valence electrons. The third-order valence-electron chi connectivity index (χ3n) is 6.21. The zero-order valence-electron chi connectivity index (χ0n) is 18.7. The van der Waals surface area contributed by atoms with E-state index in [0.29, 0.717) is 40.1 Å². The van der Waals surface area contributed by atoms with Crippen LogP contribution in [0, 0.1) is 11.6 Å². The molecule has 2 aromatic carbocycles. The Morgan fingerprint density at radius 3 is 2.46 bits per heavy atom. The molecular formula is C25H22Cl2F2N4O2. The fraction of sp³-hybridized carbons (Fsp3) is 0.320. The Morgan fingerprint density at radius 2 is 1.71 bits per heavy atom. The van der Waals surface area contributed by atoms with E-state index in [9.17, 15) is 13.6 Å². The lowest BCUT2D eigenvalue weighted by Gasteiger charge is -2.32. The molecule has 35 heavy (non-hydrogen) atoms. The van der Waals surface area contributed by atoms with Gasteiger partial charge in [-0.15, -0.1) is 0 Å². The lowest BCUT2D eigenvalue weighted by Crippen LogP contribution is -2.37. The quantitative estimate of drug-likeness (QED) is 0.421. The normalized spacial score (nSPS) is 15.7. The summed E-state index contributed by atoms with van der Waals surface area (Å²) in [4.78, 5) is 26.4. The van der Waals surface area contributed by atoms with Crippen molar-refractivity contribution in [3.05, 3.63) is 74.9 Å². The Bertz CT molecular complexity index is 1280. The summed E-state index contributed by atoms with van der Waals surface area (Å²) < 4.78 is 33.2. The van der Waals surface area contributed by atoms with Gasteiger partial charge < -0.3 is 14.5 Å². The number of hydrogen-bond donors (Lipinski definition) is 0. The average molecular weight is 519 g/mol. The zero-order chi connectivity index (χ0) is 24.5. The maximum absolute atomic E-state index is 13.8. The number of piperidine rings is 1. The van der Waals surface area contributed by atoms with Crippen LogP contribution in [0.3, 0.4) is 0 Å². The molecule has 0 N–H and O–H groups in total. The van der Waals surface area contributed by atoms with E-state index >= 15 is 0 Å². The first-order valence-electron chi connectivity index (χ1n) is 11.4. The van der Waals surface area contributed by atoms with E-state index in [2.05, 4.69) is 9.88 Å². The van der Waals surface area contributed by atoms with Crippen molar-refractivity contribution in [3.8, 4) is 11.6 Å². The van der Waals surface area contributed by atoms with Crippen molar-refractivity contribution in [1.82, 2.24) is 14.9 Å². The summed E-state index contributed by atoms with van der Waals surface area (Å²) in [5, 5.41) is 0.667. The van der Waals surface area contributed by atoms with Gasteiger partial charge in [0.25, 0.3) is 5.91 Å². The maximum Gasteiger partial charge on any atom is 0.254 e. The van der Waals surface area contributed by atoms with Crippen LogP contribution in [0.25, 0.3) is 0 Å². The van der Waals surface area contributed by atoms with Gasteiger partial charge in [0.15, 0.2) is 11.6 Å². The molecule has 2 aliphatic rings. The molecule has 2 aliphatic heterocycles. The van der Waals surface area contributed by atoms with Gasteiger partial charge in [0.05, 0.1) is 27.8 Å². The van der Waals surface area contributed by atoms with Crippen LogP contribution >= 0.6 is 23.2 Å². The highest BCUT2D eigenvalue weighted by atomic mass is 35.5. The van der Waals surface area contributed by atoms with Crippen LogP contribution in [0.15, 0.2) is 36.4 Å². The van der Waals surface area contributed by atoms with E-state index in [1.165, 1.54) is 12.1 Å².